The van der Waals surface area contributed by atoms with Gasteiger partial charge in [0.05, 0.1) is 25.8 Å². The van der Waals surface area contributed by atoms with E-state index in [2.05, 4.69) is 30.6 Å². The van der Waals surface area contributed by atoms with E-state index in [1.807, 2.05) is 30.3 Å². The molecule has 0 amide bonds. The molecule has 1 radical (unpaired) electrons. The van der Waals surface area contributed by atoms with Gasteiger partial charge in [-0.15, -0.1) is 0 Å². The summed E-state index contributed by atoms with van der Waals surface area (Å²) in [5, 5.41) is 10.2. The molecule has 4 rings (SSSR count). The molecule has 0 aliphatic heterocycles. The lowest BCUT2D eigenvalue weighted by molar-refractivity contribution is 0.454. The van der Waals surface area contributed by atoms with Crippen LogP contribution in [0.5, 0.6) is 5.75 Å². The molecule has 183 valence electrons. The normalized spacial score (nSPS) is 9.43. The molecule has 0 unspecified atom stereocenters. The molecular weight excluding hydrogens is 597 g/mol. The molecule has 35 heavy (non-hydrogen) atoms. The van der Waals surface area contributed by atoms with Crippen LogP contribution in [-0.4, -0.2) is 22.7 Å². The second-order valence-electron chi connectivity index (χ2n) is 6.26. The Labute approximate surface area is 233 Å². The third-order valence-electron chi connectivity index (χ3n) is 3.80. The molecule has 0 aliphatic rings. The summed E-state index contributed by atoms with van der Waals surface area (Å²) in [5.74, 6) is 1.47. The van der Waals surface area contributed by atoms with Gasteiger partial charge in [0, 0.05) is 5.56 Å². The molecule has 2 aromatic carbocycles. The molecule has 12 heteroatoms. The number of nitrogens with two attached hydrogens (primary N) is 2. The summed E-state index contributed by atoms with van der Waals surface area (Å²) >= 11 is 26.2. The zero-order valence-corrected chi connectivity index (χ0v) is 21.9. The summed E-state index contributed by atoms with van der Waals surface area (Å²) in [5.41, 5.74) is 12.6. The van der Waals surface area contributed by atoms with Crippen molar-refractivity contribution < 1.29 is 9.68 Å². The highest BCUT2D eigenvalue weighted by Crippen LogP contribution is 2.28. The maximum Gasteiger partial charge on any atom is 0.569 e. The number of hydrogen-bond donors (Lipinski definition) is 3. The zero-order chi connectivity index (χ0) is 25.1. The van der Waals surface area contributed by atoms with Gasteiger partial charge in [-0.05, 0) is 70.5 Å². The Morgan fingerprint density at radius 1 is 0.743 bits per heavy atom. The first-order valence-corrected chi connectivity index (χ1v) is 11.6. The zero-order valence-electron chi connectivity index (χ0n) is 17.3. The van der Waals surface area contributed by atoms with E-state index in [0.717, 1.165) is 15.9 Å². The molecule has 0 bridgehead atoms. The van der Waals surface area contributed by atoms with E-state index >= 15 is 0 Å². The number of nitrogens with zero attached hydrogens (tertiary/aromatic N) is 2. The maximum atomic E-state index is 8.26. The average Bonchev–Trinajstić information content (AvgIpc) is 2.79. The van der Waals surface area contributed by atoms with Crippen LogP contribution in [0.2, 0.25) is 20.1 Å². The van der Waals surface area contributed by atoms with Crippen molar-refractivity contribution in [2.75, 3.05) is 11.5 Å². The fraction of sp³-hybridized carbons (Fsp3) is 0.0435. The molecule has 0 aliphatic carbocycles. The number of hydrogen-bond acceptors (Lipinski definition) is 6. The van der Waals surface area contributed by atoms with E-state index in [1.165, 1.54) is 6.07 Å². The lowest BCUT2D eigenvalue weighted by Crippen LogP contribution is -1.99. The van der Waals surface area contributed by atoms with E-state index in [4.69, 9.17) is 62.9 Å². The highest BCUT2D eigenvalue weighted by molar-refractivity contribution is 9.10. The van der Waals surface area contributed by atoms with E-state index in [9.17, 15) is 0 Å². The highest BCUT2D eigenvalue weighted by Gasteiger charge is 2.03. The van der Waals surface area contributed by atoms with E-state index in [-0.39, 0.29) is 7.43 Å². The predicted molar refractivity (Wildman–Crippen MR) is 152 cm³/mol. The summed E-state index contributed by atoms with van der Waals surface area (Å²) in [7, 11) is 0.583. The van der Waals surface area contributed by atoms with Crippen LogP contribution in [0.3, 0.4) is 0 Å². The van der Waals surface area contributed by atoms with E-state index in [0.29, 0.717) is 45.2 Å². The second-order valence-corrected chi connectivity index (χ2v) is 8.70. The first-order chi connectivity index (χ1) is 16.2. The maximum absolute atomic E-state index is 8.26. The molecule has 5 N–H and O–H groups in total. The largest absolute Gasteiger partial charge is 0.569 e. The Balaban J connectivity index is 0.000000272. The first-order valence-electron chi connectivity index (χ1n) is 9.33. The lowest BCUT2D eigenvalue weighted by atomic mass is 10.1. The summed E-state index contributed by atoms with van der Waals surface area (Å²) in [4.78, 5) is 8.06. The molecule has 6 nitrogen and oxygen atoms in total. The van der Waals surface area contributed by atoms with Crippen LogP contribution < -0.4 is 16.1 Å². The highest BCUT2D eigenvalue weighted by atomic mass is 79.9. The Kier molecular flexibility index (Phi) is 13.9. The van der Waals surface area contributed by atoms with E-state index in [1.54, 1.807) is 36.4 Å². The van der Waals surface area contributed by atoms with Gasteiger partial charge < -0.3 is 21.1 Å². The number of aromatic nitrogens is 2. The average molecular weight is 618 g/mol. The molecule has 0 fully saturated rings. The van der Waals surface area contributed by atoms with Gasteiger partial charge in [0.1, 0.15) is 22.0 Å². The van der Waals surface area contributed by atoms with Crippen molar-refractivity contribution in [3.63, 3.8) is 0 Å². The lowest BCUT2D eigenvalue weighted by Gasteiger charge is -2.03. The van der Waals surface area contributed by atoms with Crippen LogP contribution in [-0.2, 0) is 0 Å². The summed E-state index contributed by atoms with van der Waals surface area (Å²) in [6.45, 7) is 0. The standard InChI is InChI=1S/C11H8Cl2N2.C6H4BCl2O2.C5H5BrN2.CH4/c12-8-5-4-7(6-9(8)13)10-2-1-3-11(14)15-10;8-5-2-1-4(11-7-10)3-6(5)9;6-4-2-1-3-5(7)8-4;/h1-6H,(H2,14,15);1-3,10H;1-3H,(H2,7,8);1H4. The second kappa shape index (κ2) is 15.7. The Morgan fingerprint density at radius 3 is 1.80 bits per heavy atom. The third kappa shape index (κ3) is 10.9. The fourth-order valence-corrected chi connectivity index (χ4v) is 3.25. The SMILES string of the molecule is C.Nc1cccc(-c2ccc(Cl)c(Cl)c2)n1.Nc1cccc(Br)n1.O[B]Oc1ccc(Cl)c(Cl)c1. The monoisotopic (exact) mass is 615 g/mol. The minimum atomic E-state index is 0. The van der Waals surface area contributed by atoms with Gasteiger partial charge >= 0.3 is 7.69 Å². The van der Waals surface area contributed by atoms with Gasteiger partial charge in [0.15, 0.2) is 0 Å². The van der Waals surface area contributed by atoms with Crippen LogP contribution >= 0.6 is 62.3 Å². The van der Waals surface area contributed by atoms with Gasteiger partial charge in [-0.3, -0.25) is 0 Å². The number of nitrogen functional groups attached to an aromatic ring is 2. The quantitative estimate of drug-likeness (QED) is 0.161. The smallest absolute Gasteiger partial charge is 0.537 e. The third-order valence-corrected chi connectivity index (χ3v) is 5.72. The summed E-state index contributed by atoms with van der Waals surface area (Å²) < 4.78 is 5.40. The molecule has 0 saturated carbocycles. The molecule has 0 spiro atoms. The van der Waals surface area contributed by atoms with Gasteiger partial charge in [-0.1, -0.05) is 72.0 Å². The minimum Gasteiger partial charge on any atom is -0.537 e. The van der Waals surface area contributed by atoms with Crippen LogP contribution in [0.1, 0.15) is 7.43 Å². The minimum absolute atomic E-state index is 0. The van der Waals surface area contributed by atoms with Crippen LogP contribution in [0.15, 0.2) is 77.4 Å². The van der Waals surface area contributed by atoms with Crippen LogP contribution in [0, 0.1) is 0 Å². The van der Waals surface area contributed by atoms with Crippen molar-refractivity contribution in [1.29, 1.82) is 0 Å². The number of rotatable bonds is 3. The van der Waals surface area contributed by atoms with Crippen molar-refractivity contribution in [3.8, 4) is 17.0 Å². The van der Waals surface area contributed by atoms with Crippen molar-refractivity contribution >= 4 is 81.7 Å². The molecular formula is C23H21BBrCl4N4O2. The molecule has 2 aromatic heterocycles. The Hall–Kier alpha value is -2.20. The van der Waals surface area contributed by atoms with Crippen molar-refractivity contribution in [2.24, 2.45) is 0 Å². The molecule has 0 atom stereocenters. The van der Waals surface area contributed by atoms with Crippen molar-refractivity contribution in [3.05, 3.63) is 97.5 Å². The van der Waals surface area contributed by atoms with Gasteiger partial charge in [-0.25, -0.2) is 9.97 Å². The van der Waals surface area contributed by atoms with Gasteiger partial charge in [0.25, 0.3) is 0 Å². The molecule has 2 heterocycles. The summed E-state index contributed by atoms with van der Waals surface area (Å²) in [6, 6.07) is 20.9. The van der Waals surface area contributed by atoms with Crippen LogP contribution in [0.4, 0.5) is 11.6 Å². The van der Waals surface area contributed by atoms with Crippen molar-refractivity contribution in [1.82, 2.24) is 9.97 Å². The Bertz CT molecular complexity index is 1220. The fourth-order valence-electron chi connectivity index (χ4n) is 2.30. The first kappa shape index (κ1) is 30.8. The predicted octanol–water partition coefficient (Wildman–Crippen LogP) is 7.60. The number of pyridine rings is 2. The van der Waals surface area contributed by atoms with Gasteiger partial charge in [-0.2, -0.15) is 0 Å². The van der Waals surface area contributed by atoms with E-state index < -0.39 is 0 Å². The number of benzene rings is 2. The van der Waals surface area contributed by atoms with Crippen LogP contribution in [0.25, 0.3) is 11.3 Å². The molecule has 0 saturated heterocycles. The molecule has 4 aromatic rings. The summed E-state index contributed by atoms with van der Waals surface area (Å²) in [6.07, 6.45) is 0. The topological polar surface area (TPSA) is 107 Å². The Morgan fingerprint density at radius 2 is 1.31 bits per heavy atom. The number of halogens is 5. The van der Waals surface area contributed by atoms with Gasteiger partial charge in [0.2, 0.25) is 0 Å². The van der Waals surface area contributed by atoms with Crippen molar-refractivity contribution in [2.45, 2.75) is 7.43 Å². The number of anilines is 2.